The van der Waals surface area contributed by atoms with E-state index in [0.717, 1.165) is 10.0 Å². The third-order valence-corrected chi connectivity index (χ3v) is 5.00. The van der Waals surface area contributed by atoms with Crippen LogP contribution in [-0.4, -0.2) is 60.6 Å². The van der Waals surface area contributed by atoms with Crippen molar-refractivity contribution < 1.29 is 18.3 Å². The maximum Gasteiger partial charge on any atom is 0.253 e. The molecule has 1 amide bonds. The average molecular weight is 331 g/mol. The van der Waals surface area contributed by atoms with Crippen molar-refractivity contribution in [2.45, 2.75) is 31.8 Å². The first-order chi connectivity index (χ1) is 10.4. The quantitative estimate of drug-likeness (QED) is 0.831. The summed E-state index contributed by atoms with van der Waals surface area (Å²) in [6.07, 6.45) is 0.686. The first kappa shape index (κ1) is 15.6. The van der Waals surface area contributed by atoms with Gasteiger partial charge < -0.3 is 14.5 Å². The van der Waals surface area contributed by atoms with E-state index in [-0.39, 0.29) is 31.8 Å². The van der Waals surface area contributed by atoms with Crippen LogP contribution in [0.25, 0.3) is 0 Å². The SMILES string of the molecule is Cc1cnc(N2CCOC(C(=O)N3CCC(F)(F)CC3)C2)s1. The fourth-order valence-corrected chi connectivity index (χ4v) is 3.51. The monoisotopic (exact) mass is 331 g/mol. The Hall–Kier alpha value is -1.28. The predicted octanol–water partition coefficient (Wildman–Crippen LogP) is 1.91. The van der Waals surface area contributed by atoms with Crippen LogP contribution in [0.5, 0.6) is 0 Å². The van der Waals surface area contributed by atoms with E-state index in [4.69, 9.17) is 4.74 Å². The number of piperidine rings is 1. The molecule has 2 fully saturated rings. The molecule has 0 radical (unpaired) electrons. The predicted molar refractivity (Wildman–Crippen MR) is 79.6 cm³/mol. The average Bonchev–Trinajstić information content (AvgIpc) is 2.93. The van der Waals surface area contributed by atoms with Crippen molar-refractivity contribution in [3.63, 3.8) is 0 Å². The van der Waals surface area contributed by atoms with Gasteiger partial charge in [0, 0.05) is 43.5 Å². The number of halogens is 2. The minimum absolute atomic E-state index is 0.0993. The molecule has 3 rings (SSSR count). The molecule has 0 aliphatic carbocycles. The van der Waals surface area contributed by atoms with E-state index in [1.807, 2.05) is 11.8 Å². The topological polar surface area (TPSA) is 45.7 Å². The Morgan fingerprint density at radius 2 is 2.14 bits per heavy atom. The number of morpholine rings is 1. The second kappa shape index (κ2) is 6.08. The molecule has 5 nitrogen and oxygen atoms in total. The van der Waals surface area contributed by atoms with Crippen LogP contribution in [0.2, 0.25) is 0 Å². The van der Waals surface area contributed by atoms with Crippen molar-refractivity contribution in [3.05, 3.63) is 11.1 Å². The lowest BCUT2D eigenvalue weighted by Crippen LogP contribution is -2.53. The Morgan fingerprint density at radius 3 is 2.77 bits per heavy atom. The maximum atomic E-state index is 13.2. The van der Waals surface area contributed by atoms with Crippen molar-refractivity contribution in [2.24, 2.45) is 0 Å². The molecular weight excluding hydrogens is 312 g/mol. The Bertz CT molecular complexity index is 542. The fourth-order valence-electron chi connectivity index (χ4n) is 2.72. The number of amides is 1. The lowest BCUT2D eigenvalue weighted by atomic mass is 10.1. The number of thiazole rings is 1. The van der Waals surface area contributed by atoms with Gasteiger partial charge in [0.1, 0.15) is 0 Å². The van der Waals surface area contributed by atoms with Crippen LogP contribution in [0.1, 0.15) is 17.7 Å². The molecule has 2 aliphatic heterocycles. The third kappa shape index (κ3) is 3.38. The molecule has 0 N–H and O–H groups in total. The van der Waals surface area contributed by atoms with Gasteiger partial charge >= 0.3 is 0 Å². The molecule has 3 heterocycles. The van der Waals surface area contributed by atoms with Gasteiger partial charge in [-0.25, -0.2) is 13.8 Å². The van der Waals surface area contributed by atoms with Crippen LogP contribution < -0.4 is 4.90 Å². The first-order valence-corrected chi connectivity index (χ1v) is 8.22. The van der Waals surface area contributed by atoms with Gasteiger partial charge in [0.25, 0.3) is 11.8 Å². The highest BCUT2D eigenvalue weighted by molar-refractivity contribution is 7.15. The molecule has 2 aliphatic rings. The summed E-state index contributed by atoms with van der Waals surface area (Å²) in [5, 5.41) is 0.878. The van der Waals surface area contributed by atoms with Gasteiger partial charge in [-0.15, -0.1) is 11.3 Å². The Kier molecular flexibility index (Phi) is 4.31. The maximum absolute atomic E-state index is 13.2. The highest BCUT2D eigenvalue weighted by Crippen LogP contribution is 2.29. The number of hydrogen-bond donors (Lipinski definition) is 0. The van der Waals surface area contributed by atoms with Crippen LogP contribution in [0.3, 0.4) is 0 Å². The number of nitrogens with zero attached hydrogens (tertiary/aromatic N) is 3. The number of rotatable bonds is 2. The molecule has 0 aromatic carbocycles. The number of likely N-dealkylation sites (tertiary alicyclic amines) is 1. The number of aryl methyl sites for hydroxylation is 1. The van der Waals surface area contributed by atoms with Crippen molar-refractivity contribution in [1.82, 2.24) is 9.88 Å². The largest absolute Gasteiger partial charge is 0.365 e. The van der Waals surface area contributed by atoms with Crippen LogP contribution in [-0.2, 0) is 9.53 Å². The smallest absolute Gasteiger partial charge is 0.253 e. The normalized spacial score (nSPS) is 25.3. The number of alkyl halides is 2. The zero-order valence-corrected chi connectivity index (χ0v) is 13.2. The molecule has 1 aromatic heterocycles. The van der Waals surface area contributed by atoms with Gasteiger partial charge in [-0.1, -0.05) is 0 Å². The first-order valence-electron chi connectivity index (χ1n) is 7.40. The van der Waals surface area contributed by atoms with E-state index >= 15 is 0 Å². The van der Waals surface area contributed by atoms with Gasteiger partial charge in [0.2, 0.25) is 0 Å². The molecule has 0 spiro atoms. The molecule has 22 heavy (non-hydrogen) atoms. The number of ether oxygens (including phenoxy) is 1. The molecule has 2 saturated heterocycles. The lowest BCUT2D eigenvalue weighted by Gasteiger charge is -2.37. The molecular formula is C14H19F2N3O2S. The Labute approximate surface area is 131 Å². The van der Waals surface area contributed by atoms with Crippen LogP contribution in [0.4, 0.5) is 13.9 Å². The summed E-state index contributed by atoms with van der Waals surface area (Å²) in [4.78, 5) is 21.4. The zero-order valence-electron chi connectivity index (χ0n) is 12.4. The number of aromatic nitrogens is 1. The molecule has 0 bridgehead atoms. The Morgan fingerprint density at radius 1 is 1.41 bits per heavy atom. The van der Waals surface area contributed by atoms with E-state index in [9.17, 15) is 13.6 Å². The van der Waals surface area contributed by atoms with E-state index in [1.54, 1.807) is 17.5 Å². The zero-order chi connectivity index (χ0) is 15.7. The second-order valence-corrected chi connectivity index (χ2v) is 6.95. The van der Waals surface area contributed by atoms with E-state index in [0.29, 0.717) is 19.7 Å². The number of carbonyl (C=O) groups excluding carboxylic acids is 1. The van der Waals surface area contributed by atoms with Gasteiger partial charge in [-0.2, -0.15) is 0 Å². The third-order valence-electron chi connectivity index (χ3n) is 4.03. The highest BCUT2D eigenvalue weighted by atomic mass is 32.1. The van der Waals surface area contributed by atoms with Gasteiger partial charge in [0.05, 0.1) is 13.2 Å². The van der Waals surface area contributed by atoms with Crippen molar-refractivity contribution >= 4 is 22.4 Å². The fraction of sp³-hybridized carbons (Fsp3) is 0.714. The molecule has 1 atom stereocenters. The summed E-state index contributed by atoms with van der Waals surface area (Å²) in [5.41, 5.74) is 0. The number of anilines is 1. The van der Waals surface area contributed by atoms with Gasteiger partial charge in [0.15, 0.2) is 11.2 Å². The molecule has 8 heteroatoms. The van der Waals surface area contributed by atoms with Crippen LogP contribution in [0, 0.1) is 6.92 Å². The Balaban J connectivity index is 1.61. The number of carbonyl (C=O) groups is 1. The van der Waals surface area contributed by atoms with Crippen molar-refractivity contribution in [2.75, 3.05) is 37.7 Å². The van der Waals surface area contributed by atoms with Crippen molar-refractivity contribution in [3.8, 4) is 0 Å². The lowest BCUT2D eigenvalue weighted by molar-refractivity contribution is -0.150. The summed E-state index contributed by atoms with van der Waals surface area (Å²) in [6.45, 7) is 3.74. The summed E-state index contributed by atoms with van der Waals surface area (Å²) < 4.78 is 31.9. The second-order valence-electron chi connectivity index (χ2n) is 5.74. The highest BCUT2D eigenvalue weighted by Gasteiger charge is 2.38. The van der Waals surface area contributed by atoms with Crippen LogP contribution in [0.15, 0.2) is 6.20 Å². The minimum Gasteiger partial charge on any atom is -0.365 e. The molecule has 1 aromatic rings. The van der Waals surface area contributed by atoms with Crippen molar-refractivity contribution in [1.29, 1.82) is 0 Å². The minimum atomic E-state index is -2.64. The van der Waals surface area contributed by atoms with Gasteiger partial charge in [-0.3, -0.25) is 4.79 Å². The van der Waals surface area contributed by atoms with Crippen LogP contribution >= 0.6 is 11.3 Å². The van der Waals surface area contributed by atoms with E-state index in [1.165, 1.54) is 4.90 Å². The molecule has 122 valence electrons. The molecule has 0 saturated carbocycles. The van der Waals surface area contributed by atoms with E-state index in [2.05, 4.69) is 4.98 Å². The summed E-state index contributed by atoms with van der Waals surface area (Å²) in [7, 11) is 0. The molecule has 1 unspecified atom stereocenters. The van der Waals surface area contributed by atoms with Gasteiger partial charge in [-0.05, 0) is 6.92 Å². The number of hydrogen-bond acceptors (Lipinski definition) is 5. The summed E-state index contributed by atoms with van der Waals surface area (Å²) in [6, 6.07) is 0. The van der Waals surface area contributed by atoms with E-state index < -0.39 is 12.0 Å². The standard InChI is InChI=1S/C14H19F2N3O2S/c1-10-8-17-13(22-10)19-6-7-21-11(9-19)12(20)18-4-2-14(15,16)3-5-18/h8,11H,2-7,9H2,1H3. The summed E-state index contributed by atoms with van der Waals surface area (Å²) in [5.74, 6) is -2.83. The summed E-state index contributed by atoms with van der Waals surface area (Å²) >= 11 is 1.58.